The van der Waals surface area contributed by atoms with E-state index in [1.807, 2.05) is 6.92 Å². The average Bonchev–Trinajstić information content (AvgIpc) is 3.18. The first-order valence-corrected chi connectivity index (χ1v) is 11.0. The number of rotatable bonds is 7. The van der Waals surface area contributed by atoms with Crippen LogP contribution in [0.3, 0.4) is 0 Å². The number of imidazole rings is 1. The molecule has 2 heterocycles. The first-order chi connectivity index (χ1) is 15.3. The van der Waals surface area contributed by atoms with Crippen molar-refractivity contribution >= 4 is 15.7 Å². The number of hydrogen-bond acceptors (Lipinski definition) is 6. The lowest BCUT2D eigenvalue weighted by atomic mass is 10.2. The standard InChI is InChI=1S/C21H17F2N5O3S/c1-14-24-10-11-28(14)20-8-9-21(26-25-20)31-18-5-3-17(4-6-18)27-32(29,30)13-15-12-16(22)2-7-19(15)23/h2-12,27H,13H2,1H3. The summed E-state index contributed by atoms with van der Waals surface area (Å²) in [7, 11) is -3.96. The number of ether oxygens (including phenoxy) is 1. The second kappa shape index (κ2) is 8.71. The van der Waals surface area contributed by atoms with Gasteiger partial charge in [-0.2, -0.15) is 0 Å². The zero-order valence-electron chi connectivity index (χ0n) is 16.7. The minimum absolute atomic E-state index is 0.242. The largest absolute Gasteiger partial charge is 0.438 e. The summed E-state index contributed by atoms with van der Waals surface area (Å²) in [5.74, 6) is -0.192. The molecule has 8 nitrogen and oxygen atoms in total. The number of nitrogens with zero attached hydrogens (tertiary/aromatic N) is 4. The fourth-order valence-electron chi connectivity index (χ4n) is 2.90. The SMILES string of the molecule is Cc1nccn1-c1ccc(Oc2ccc(NS(=O)(=O)Cc3cc(F)ccc3F)cc2)nn1. The maximum atomic E-state index is 13.7. The molecule has 32 heavy (non-hydrogen) atoms. The van der Waals surface area contributed by atoms with E-state index >= 15 is 0 Å². The number of halogens is 2. The summed E-state index contributed by atoms with van der Waals surface area (Å²) in [6.45, 7) is 1.84. The van der Waals surface area contributed by atoms with Gasteiger partial charge in [-0.05, 0) is 55.5 Å². The van der Waals surface area contributed by atoms with Crippen LogP contribution in [0.1, 0.15) is 11.4 Å². The first kappa shape index (κ1) is 21.4. The van der Waals surface area contributed by atoms with Crippen molar-refractivity contribution in [3.05, 3.63) is 90.0 Å². The molecule has 0 spiro atoms. The number of sulfonamides is 1. The highest BCUT2D eigenvalue weighted by atomic mass is 32.2. The normalized spacial score (nSPS) is 11.3. The maximum Gasteiger partial charge on any atom is 0.238 e. The van der Waals surface area contributed by atoms with Gasteiger partial charge in [0, 0.05) is 29.7 Å². The molecule has 2 aromatic heterocycles. The van der Waals surface area contributed by atoms with Gasteiger partial charge in [0.25, 0.3) is 0 Å². The molecule has 0 aliphatic rings. The van der Waals surface area contributed by atoms with Gasteiger partial charge in [0.1, 0.15) is 23.2 Å². The minimum atomic E-state index is -3.96. The van der Waals surface area contributed by atoms with Crippen LogP contribution < -0.4 is 9.46 Å². The van der Waals surface area contributed by atoms with Crippen LogP contribution in [0, 0.1) is 18.6 Å². The van der Waals surface area contributed by atoms with Crippen molar-refractivity contribution in [2.24, 2.45) is 0 Å². The highest BCUT2D eigenvalue weighted by Gasteiger charge is 2.16. The van der Waals surface area contributed by atoms with E-state index in [1.165, 1.54) is 24.3 Å². The topological polar surface area (TPSA) is 99.0 Å². The Balaban J connectivity index is 1.40. The molecule has 0 atom stereocenters. The molecule has 0 saturated carbocycles. The van der Waals surface area contributed by atoms with E-state index < -0.39 is 27.4 Å². The van der Waals surface area contributed by atoms with Crippen LogP contribution in [0.2, 0.25) is 0 Å². The maximum absolute atomic E-state index is 13.7. The Morgan fingerprint density at radius 2 is 1.81 bits per heavy atom. The summed E-state index contributed by atoms with van der Waals surface area (Å²) in [4.78, 5) is 4.13. The Hall–Kier alpha value is -3.86. The van der Waals surface area contributed by atoms with Gasteiger partial charge in [0.05, 0.1) is 5.75 Å². The van der Waals surface area contributed by atoms with E-state index in [2.05, 4.69) is 19.9 Å². The molecular formula is C21H17F2N5O3S. The second-order valence-corrected chi connectivity index (χ2v) is 8.52. The molecule has 0 unspecified atom stereocenters. The molecule has 4 rings (SSSR count). The Bertz CT molecular complexity index is 1340. The third-order valence-electron chi connectivity index (χ3n) is 4.40. The van der Waals surface area contributed by atoms with E-state index in [4.69, 9.17) is 4.74 Å². The van der Waals surface area contributed by atoms with Crippen LogP contribution in [0.25, 0.3) is 5.82 Å². The molecule has 2 aromatic carbocycles. The third-order valence-corrected chi connectivity index (χ3v) is 5.64. The highest BCUT2D eigenvalue weighted by Crippen LogP contribution is 2.23. The van der Waals surface area contributed by atoms with Gasteiger partial charge in [-0.25, -0.2) is 22.2 Å². The smallest absolute Gasteiger partial charge is 0.238 e. The van der Waals surface area contributed by atoms with Crippen LogP contribution in [0.5, 0.6) is 11.6 Å². The van der Waals surface area contributed by atoms with Crippen LogP contribution in [0.15, 0.2) is 67.0 Å². The predicted octanol–water partition coefficient (Wildman–Crippen LogP) is 3.98. The monoisotopic (exact) mass is 457 g/mol. The van der Waals surface area contributed by atoms with Crippen molar-refractivity contribution in [1.29, 1.82) is 0 Å². The molecule has 4 aromatic rings. The van der Waals surface area contributed by atoms with Gasteiger partial charge in [0.2, 0.25) is 15.9 Å². The summed E-state index contributed by atoms with van der Waals surface area (Å²) in [6, 6.07) is 12.1. The summed E-state index contributed by atoms with van der Waals surface area (Å²) >= 11 is 0. The number of anilines is 1. The minimum Gasteiger partial charge on any atom is -0.438 e. The molecule has 0 amide bonds. The van der Waals surface area contributed by atoms with Gasteiger partial charge in [0.15, 0.2) is 5.82 Å². The van der Waals surface area contributed by atoms with Crippen molar-refractivity contribution in [2.45, 2.75) is 12.7 Å². The summed E-state index contributed by atoms with van der Waals surface area (Å²) in [6.07, 6.45) is 3.42. The van der Waals surface area contributed by atoms with E-state index in [0.29, 0.717) is 11.6 Å². The lowest BCUT2D eigenvalue weighted by Gasteiger charge is -2.10. The zero-order chi connectivity index (χ0) is 22.7. The van der Waals surface area contributed by atoms with Crippen LogP contribution in [-0.4, -0.2) is 28.2 Å². The summed E-state index contributed by atoms with van der Waals surface area (Å²) < 4.78 is 61.3. The molecular weight excluding hydrogens is 440 g/mol. The van der Waals surface area contributed by atoms with E-state index in [9.17, 15) is 17.2 Å². The summed E-state index contributed by atoms with van der Waals surface area (Å²) in [5, 5.41) is 8.11. The number of hydrogen-bond donors (Lipinski definition) is 1. The van der Waals surface area contributed by atoms with Crippen molar-refractivity contribution in [1.82, 2.24) is 19.7 Å². The van der Waals surface area contributed by atoms with Gasteiger partial charge in [-0.15, -0.1) is 10.2 Å². The molecule has 0 radical (unpaired) electrons. The van der Waals surface area contributed by atoms with Crippen LogP contribution >= 0.6 is 0 Å². The average molecular weight is 457 g/mol. The lowest BCUT2D eigenvalue weighted by molar-refractivity contribution is 0.454. The Labute approximate surface area is 182 Å². The zero-order valence-corrected chi connectivity index (χ0v) is 17.6. The van der Waals surface area contributed by atoms with E-state index in [-0.39, 0.29) is 17.1 Å². The van der Waals surface area contributed by atoms with Gasteiger partial charge in [-0.3, -0.25) is 9.29 Å². The molecule has 164 valence electrons. The van der Waals surface area contributed by atoms with Gasteiger partial charge < -0.3 is 4.74 Å². The van der Waals surface area contributed by atoms with Crippen LogP contribution in [-0.2, 0) is 15.8 Å². The second-order valence-electron chi connectivity index (χ2n) is 6.80. The Kier molecular flexibility index (Phi) is 5.82. The van der Waals surface area contributed by atoms with Gasteiger partial charge in [-0.1, -0.05) is 0 Å². The van der Waals surface area contributed by atoms with E-state index in [1.54, 1.807) is 29.1 Å². The molecule has 1 N–H and O–H groups in total. The third kappa shape index (κ3) is 5.06. The number of benzene rings is 2. The molecule has 11 heteroatoms. The lowest BCUT2D eigenvalue weighted by Crippen LogP contribution is -2.16. The van der Waals surface area contributed by atoms with E-state index in [0.717, 1.165) is 24.0 Å². The number of aromatic nitrogens is 4. The fraction of sp³-hybridized carbons (Fsp3) is 0.0952. The molecule has 0 saturated heterocycles. The Morgan fingerprint density at radius 1 is 1.03 bits per heavy atom. The molecule has 0 fully saturated rings. The van der Waals surface area contributed by atoms with Crippen molar-refractivity contribution in [3.8, 4) is 17.4 Å². The molecule has 0 aliphatic carbocycles. The van der Waals surface area contributed by atoms with Gasteiger partial charge >= 0.3 is 0 Å². The number of aryl methyl sites for hydroxylation is 1. The first-order valence-electron chi connectivity index (χ1n) is 9.35. The molecule has 0 aliphatic heterocycles. The molecule has 0 bridgehead atoms. The van der Waals surface area contributed by atoms with Crippen LogP contribution in [0.4, 0.5) is 14.5 Å². The Morgan fingerprint density at radius 3 is 2.47 bits per heavy atom. The fourth-order valence-corrected chi connectivity index (χ4v) is 4.10. The van der Waals surface area contributed by atoms with Crippen molar-refractivity contribution < 1.29 is 21.9 Å². The van der Waals surface area contributed by atoms with Crippen molar-refractivity contribution in [3.63, 3.8) is 0 Å². The summed E-state index contributed by atoms with van der Waals surface area (Å²) in [5.41, 5.74) is -0.0171. The highest BCUT2D eigenvalue weighted by molar-refractivity contribution is 7.91. The number of nitrogens with one attached hydrogen (secondary N) is 1. The quantitative estimate of drug-likeness (QED) is 0.451. The van der Waals surface area contributed by atoms with Crippen molar-refractivity contribution in [2.75, 3.05) is 4.72 Å². The predicted molar refractivity (Wildman–Crippen MR) is 113 cm³/mol.